The van der Waals surface area contributed by atoms with Crippen molar-refractivity contribution in [3.8, 4) is 11.3 Å². The zero-order valence-corrected chi connectivity index (χ0v) is 9.31. The van der Waals surface area contributed by atoms with E-state index in [0.29, 0.717) is 0 Å². The third-order valence-electron chi connectivity index (χ3n) is 2.71. The Morgan fingerprint density at radius 1 is 1.18 bits per heavy atom. The molecule has 3 N–H and O–H groups in total. The minimum absolute atomic E-state index is 0.201. The number of aromatic nitrogens is 4. The molecule has 5 heteroatoms. The van der Waals surface area contributed by atoms with Gasteiger partial charge in [-0.1, -0.05) is 12.1 Å². The Kier molecular flexibility index (Phi) is 2.04. The van der Waals surface area contributed by atoms with Crippen molar-refractivity contribution < 1.29 is 0 Å². The summed E-state index contributed by atoms with van der Waals surface area (Å²) in [5, 5.41) is 9.05. The zero-order valence-electron chi connectivity index (χ0n) is 9.31. The minimum atomic E-state index is 0.201. The summed E-state index contributed by atoms with van der Waals surface area (Å²) in [5.74, 6) is 0.201. The van der Waals surface area contributed by atoms with Crippen LogP contribution in [0.3, 0.4) is 0 Å². The van der Waals surface area contributed by atoms with Gasteiger partial charge in [-0.2, -0.15) is 0 Å². The summed E-state index contributed by atoms with van der Waals surface area (Å²) in [7, 11) is 0. The van der Waals surface area contributed by atoms with Gasteiger partial charge in [-0.15, -0.1) is 10.2 Å². The highest BCUT2D eigenvalue weighted by atomic mass is 15.2. The fraction of sp³-hybridized carbons (Fsp3) is 0.0833. The topological polar surface area (TPSA) is 80.5 Å². The summed E-state index contributed by atoms with van der Waals surface area (Å²) in [5.41, 5.74) is 9.08. The molecule has 5 nitrogen and oxygen atoms in total. The van der Waals surface area contributed by atoms with Crippen molar-refractivity contribution in [2.45, 2.75) is 6.92 Å². The van der Waals surface area contributed by atoms with Crippen molar-refractivity contribution in [1.82, 2.24) is 20.2 Å². The molecular weight excluding hydrogens is 214 g/mol. The molecule has 17 heavy (non-hydrogen) atoms. The molecule has 0 aliphatic heterocycles. The van der Waals surface area contributed by atoms with Gasteiger partial charge in [-0.25, -0.2) is 4.98 Å². The Labute approximate surface area is 97.7 Å². The number of aryl methyl sites for hydroxylation is 1. The molecule has 0 fully saturated rings. The maximum absolute atomic E-state index is 5.49. The van der Waals surface area contributed by atoms with Crippen LogP contribution in [0.15, 0.2) is 30.5 Å². The number of anilines is 1. The van der Waals surface area contributed by atoms with Crippen molar-refractivity contribution in [3.05, 3.63) is 36.2 Å². The van der Waals surface area contributed by atoms with E-state index in [4.69, 9.17) is 5.73 Å². The van der Waals surface area contributed by atoms with Crippen LogP contribution >= 0.6 is 0 Å². The lowest BCUT2D eigenvalue weighted by molar-refractivity contribution is 0.964. The van der Waals surface area contributed by atoms with Crippen molar-refractivity contribution in [3.63, 3.8) is 0 Å². The molecule has 0 spiro atoms. The Bertz CT molecular complexity index is 686. The highest BCUT2D eigenvalue weighted by molar-refractivity contribution is 5.84. The summed E-state index contributed by atoms with van der Waals surface area (Å²) >= 11 is 0. The third kappa shape index (κ3) is 1.61. The number of benzene rings is 1. The fourth-order valence-corrected chi connectivity index (χ4v) is 1.88. The van der Waals surface area contributed by atoms with Crippen LogP contribution < -0.4 is 5.73 Å². The monoisotopic (exact) mass is 225 g/mol. The molecule has 0 saturated heterocycles. The minimum Gasteiger partial charge on any atom is -0.366 e. The molecule has 0 atom stereocenters. The molecule has 0 bridgehead atoms. The standard InChI is InChI=1S/C12H11N5/c1-7-11(16-17-12(13)15-7)9-3-2-8-4-5-14-10(8)6-9/h2-6,14H,1H3,(H2,13,15,17). The molecule has 0 amide bonds. The number of H-pyrrole nitrogens is 1. The SMILES string of the molecule is Cc1nc(N)nnc1-c1ccc2cc[nH]c2c1. The summed E-state index contributed by atoms with van der Waals surface area (Å²) < 4.78 is 0. The van der Waals surface area contributed by atoms with E-state index in [-0.39, 0.29) is 5.95 Å². The van der Waals surface area contributed by atoms with Gasteiger partial charge in [0.05, 0.1) is 5.69 Å². The first-order valence-corrected chi connectivity index (χ1v) is 5.28. The summed E-state index contributed by atoms with van der Waals surface area (Å²) in [6.07, 6.45) is 1.91. The van der Waals surface area contributed by atoms with Gasteiger partial charge in [0.15, 0.2) is 0 Å². The van der Waals surface area contributed by atoms with E-state index >= 15 is 0 Å². The molecular formula is C12H11N5. The first-order valence-electron chi connectivity index (χ1n) is 5.28. The Morgan fingerprint density at radius 2 is 2.06 bits per heavy atom. The lowest BCUT2D eigenvalue weighted by Gasteiger charge is -2.03. The molecule has 2 heterocycles. The Hall–Kier alpha value is -2.43. The molecule has 1 aromatic carbocycles. The summed E-state index contributed by atoms with van der Waals surface area (Å²) in [6.45, 7) is 1.87. The van der Waals surface area contributed by atoms with E-state index in [1.54, 1.807) is 0 Å². The predicted molar refractivity (Wildman–Crippen MR) is 66.3 cm³/mol. The van der Waals surface area contributed by atoms with Crippen LogP contribution in [0.2, 0.25) is 0 Å². The third-order valence-corrected chi connectivity index (χ3v) is 2.71. The first kappa shape index (κ1) is 9.77. The maximum Gasteiger partial charge on any atom is 0.240 e. The van der Waals surface area contributed by atoms with E-state index in [2.05, 4.69) is 20.2 Å². The lowest BCUT2D eigenvalue weighted by atomic mass is 10.1. The van der Waals surface area contributed by atoms with Crippen LogP contribution in [0, 0.1) is 6.92 Å². The van der Waals surface area contributed by atoms with Gasteiger partial charge in [-0.3, -0.25) is 0 Å². The van der Waals surface area contributed by atoms with Crippen LogP contribution in [0.4, 0.5) is 5.95 Å². The molecule has 3 rings (SSSR count). The van der Waals surface area contributed by atoms with Gasteiger partial charge >= 0.3 is 0 Å². The number of nitrogen functional groups attached to an aromatic ring is 1. The average Bonchev–Trinajstić information content (AvgIpc) is 2.75. The van der Waals surface area contributed by atoms with E-state index in [0.717, 1.165) is 22.5 Å². The number of nitrogens with two attached hydrogens (primary N) is 1. The van der Waals surface area contributed by atoms with Crippen molar-refractivity contribution in [2.75, 3.05) is 5.73 Å². The molecule has 0 saturated carbocycles. The van der Waals surface area contributed by atoms with Gasteiger partial charge in [-0.05, 0) is 24.4 Å². The Morgan fingerprint density at radius 3 is 2.88 bits per heavy atom. The van der Waals surface area contributed by atoms with Gasteiger partial charge in [0.2, 0.25) is 5.95 Å². The molecule has 3 aromatic rings. The van der Waals surface area contributed by atoms with Crippen molar-refractivity contribution >= 4 is 16.9 Å². The number of hydrogen-bond donors (Lipinski definition) is 2. The van der Waals surface area contributed by atoms with Crippen molar-refractivity contribution in [2.24, 2.45) is 0 Å². The van der Waals surface area contributed by atoms with E-state index in [1.165, 1.54) is 5.39 Å². The molecule has 2 aromatic heterocycles. The average molecular weight is 225 g/mol. The maximum atomic E-state index is 5.49. The molecule has 0 aliphatic rings. The number of nitrogens with zero attached hydrogens (tertiary/aromatic N) is 3. The predicted octanol–water partition coefficient (Wildman–Crippen LogP) is 1.91. The van der Waals surface area contributed by atoms with Gasteiger partial charge < -0.3 is 10.7 Å². The van der Waals surface area contributed by atoms with Crippen LogP contribution in [-0.4, -0.2) is 20.2 Å². The number of nitrogens with one attached hydrogen (secondary N) is 1. The lowest BCUT2D eigenvalue weighted by Crippen LogP contribution is -2.01. The molecule has 0 unspecified atom stereocenters. The van der Waals surface area contributed by atoms with Crippen LogP contribution in [0.5, 0.6) is 0 Å². The Balaban J connectivity index is 2.19. The number of fused-ring (bicyclic) bond motifs is 1. The largest absolute Gasteiger partial charge is 0.366 e. The second-order valence-corrected chi connectivity index (χ2v) is 3.88. The van der Waals surface area contributed by atoms with E-state index < -0.39 is 0 Å². The van der Waals surface area contributed by atoms with Crippen LogP contribution in [0.1, 0.15) is 5.69 Å². The number of hydrogen-bond acceptors (Lipinski definition) is 4. The molecule has 0 aliphatic carbocycles. The highest BCUT2D eigenvalue weighted by Crippen LogP contribution is 2.23. The second kappa shape index (κ2) is 3.55. The quantitative estimate of drug-likeness (QED) is 0.663. The van der Waals surface area contributed by atoms with Gasteiger partial charge in [0.25, 0.3) is 0 Å². The number of rotatable bonds is 1. The fourth-order valence-electron chi connectivity index (χ4n) is 1.88. The highest BCUT2D eigenvalue weighted by Gasteiger charge is 2.07. The van der Waals surface area contributed by atoms with Crippen molar-refractivity contribution in [1.29, 1.82) is 0 Å². The van der Waals surface area contributed by atoms with E-state index in [9.17, 15) is 0 Å². The second-order valence-electron chi connectivity index (χ2n) is 3.88. The number of aromatic amines is 1. The smallest absolute Gasteiger partial charge is 0.240 e. The molecule has 0 radical (unpaired) electrons. The molecule has 84 valence electrons. The summed E-state index contributed by atoms with van der Waals surface area (Å²) in [6, 6.07) is 8.10. The zero-order chi connectivity index (χ0) is 11.8. The normalized spacial score (nSPS) is 10.9. The van der Waals surface area contributed by atoms with Gasteiger partial charge in [0.1, 0.15) is 5.69 Å². The summed E-state index contributed by atoms with van der Waals surface area (Å²) in [4.78, 5) is 7.28. The van der Waals surface area contributed by atoms with Crippen LogP contribution in [-0.2, 0) is 0 Å². The van der Waals surface area contributed by atoms with E-state index in [1.807, 2.05) is 37.4 Å². The first-order chi connectivity index (χ1) is 8.24. The van der Waals surface area contributed by atoms with Crippen LogP contribution in [0.25, 0.3) is 22.2 Å². The van der Waals surface area contributed by atoms with Gasteiger partial charge in [0, 0.05) is 17.3 Å².